The molecule has 18 heavy (non-hydrogen) atoms. The maximum Gasteiger partial charge on any atom is 0.238 e. The first-order chi connectivity index (χ1) is 8.54. The third-order valence-electron chi connectivity index (χ3n) is 3.60. The van der Waals surface area contributed by atoms with Gasteiger partial charge in [-0.1, -0.05) is 0 Å². The largest absolute Gasteiger partial charge is 0.380 e. The summed E-state index contributed by atoms with van der Waals surface area (Å²) in [5.41, 5.74) is 0. The molecular formula is C12H21NO4S. The molecule has 1 saturated carbocycles. The highest BCUT2D eigenvalue weighted by atomic mass is 32.2. The van der Waals surface area contributed by atoms with Crippen molar-refractivity contribution >= 4 is 15.7 Å². The summed E-state index contributed by atoms with van der Waals surface area (Å²) in [6.07, 6.45) is 3.39. The quantitative estimate of drug-likeness (QED) is 0.736. The second-order valence-corrected chi connectivity index (χ2v) is 7.34. The molecule has 5 nitrogen and oxygen atoms in total. The van der Waals surface area contributed by atoms with Crippen molar-refractivity contribution in [1.82, 2.24) is 4.90 Å². The van der Waals surface area contributed by atoms with Gasteiger partial charge in [0, 0.05) is 19.2 Å². The Kier molecular flexibility index (Phi) is 4.27. The number of hydrogen-bond donors (Lipinski definition) is 0. The molecule has 1 heterocycles. The van der Waals surface area contributed by atoms with E-state index in [2.05, 4.69) is 0 Å². The normalized spacial score (nSPS) is 24.8. The number of amides is 1. The third-order valence-corrected chi connectivity index (χ3v) is 5.64. The summed E-state index contributed by atoms with van der Waals surface area (Å²) in [7, 11) is -3.36. The SMILES string of the molecule is CCN(C(=O)CS(=O)(=O)[C@@H]1CCCOC1)C1CC1. The molecular weight excluding hydrogens is 254 g/mol. The highest BCUT2D eigenvalue weighted by molar-refractivity contribution is 7.92. The summed E-state index contributed by atoms with van der Waals surface area (Å²) >= 11 is 0. The molecule has 0 aromatic rings. The van der Waals surface area contributed by atoms with Gasteiger partial charge in [0.15, 0.2) is 9.84 Å². The first-order valence-electron chi connectivity index (χ1n) is 6.63. The van der Waals surface area contributed by atoms with Crippen molar-refractivity contribution < 1.29 is 17.9 Å². The van der Waals surface area contributed by atoms with Crippen LogP contribution in [0.4, 0.5) is 0 Å². The number of ether oxygens (including phenoxy) is 1. The maximum absolute atomic E-state index is 12.1. The van der Waals surface area contributed by atoms with E-state index in [1.807, 2.05) is 6.92 Å². The Balaban J connectivity index is 1.95. The van der Waals surface area contributed by atoms with E-state index in [0.717, 1.165) is 19.3 Å². The van der Waals surface area contributed by atoms with Gasteiger partial charge in [0.25, 0.3) is 0 Å². The summed E-state index contributed by atoms with van der Waals surface area (Å²) in [4.78, 5) is 13.7. The molecule has 0 bridgehead atoms. The molecule has 0 aromatic carbocycles. The number of nitrogens with zero attached hydrogens (tertiary/aromatic N) is 1. The van der Waals surface area contributed by atoms with Gasteiger partial charge < -0.3 is 9.64 Å². The van der Waals surface area contributed by atoms with Gasteiger partial charge in [-0.3, -0.25) is 4.79 Å². The second kappa shape index (κ2) is 5.57. The summed E-state index contributed by atoms with van der Waals surface area (Å²) in [5.74, 6) is -0.601. The van der Waals surface area contributed by atoms with Crippen LogP contribution in [0, 0.1) is 0 Å². The van der Waals surface area contributed by atoms with Crippen molar-refractivity contribution in [3.05, 3.63) is 0 Å². The molecule has 0 aromatic heterocycles. The number of sulfone groups is 1. The zero-order valence-corrected chi connectivity index (χ0v) is 11.6. The number of carbonyl (C=O) groups is 1. The van der Waals surface area contributed by atoms with Crippen LogP contribution in [0.25, 0.3) is 0 Å². The first-order valence-corrected chi connectivity index (χ1v) is 8.35. The van der Waals surface area contributed by atoms with Gasteiger partial charge in [-0.2, -0.15) is 0 Å². The van der Waals surface area contributed by atoms with Crippen molar-refractivity contribution in [2.75, 3.05) is 25.5 Å². The van der Waals surface area contributed by atoms with Crippen LogP contribution in [-0.4, -0.2) is 56.0 Å². The molecule has 0 unspecified atom stereocenters. The van der Waals surface area contributed by atoms with E-state index in [9.17, 15) is 13.2 Å². The molecule has 2 rings (SSSR count). The van der Waals surface area contributed by atoms with Crippen molar-refractivity contribution in [2.45, 2.75) is 43.9 Å². The van der Waals surface area contributed by atoms with E-state index >= 15 is 0 Å². The Hall–Kier alpha value is -0.620. The van der Waals surface area contributed by atoms with Crippen molar-refractivity contribution in [2.24, 2.45) is 0 Å². The molecule has 0 spiro atoms. The van der Waals surface area contributed by atoms with Crippen molar-refractivity contribution in [3.8, 4) is 0 Å². The molecule has 0 radical (unpaired) electrons. The molecule has 1 aliphatic carbocycles. The van der Waals surface area contributed by atoms with Gasteiger partial charge in [-0.05, 0) is 32.6 Å². The summed E-state index contributed by atoms with van der Waals surface area (Å²) < 4.78 is 29.5. The lowest BCUT2D eigenvalue weighted by Gasteiger charge is -2.24. The molecule has 1 atom stereocenters. The van der Waals surface area contributed by atoms with Gasteiger partial charge in [0.1, 0.15) is 5.75 Å². The van der Waals surface area contributed by atoms with E-state index in [0.29, 0.717) is 19.6 Å². The Bertz CT molecular complexity index is 396. The Morgan fingerprint density at radius 3 is 2.56 bits per heavy atom. The summed E-state index contributed by atoms with van der Waals surface area (Å²) in [6, 6.07) is 0.278. The predicted molar refractivity (Wildman–Crippen MR) is 68.0 cm³/mol. The van der Waals surface area contributed by atoms with Crippen LogP contribution in [-0.2, 0) is 19.4 Å². The van der Waals surface area contributed by atoms with Gasteiger partial charge in [-0.15, -0.1) is 0 Å². The summed E-state index contributed by atoms with van der Waals surface area (Å²) in [6.45, 7) is 3.36. The van der Waals surface area contributed by atoms with E-state index in [-0.39, 0.29) is 24.3 Å². The zero-order chi connectivity index (χ0) is 13.2. The monoisotopic (exact) mass is 275 g/mol. The highest BCUT2D eigenvalue weighted by Crippen LogP contribution is 2.27. The van der Waals surface area contributed by atoms with Crippen LogP contribution in [0.3, 0.4) is 0 Å². The lowest BCUT2D eigenvalue weighted by molar-refractivity contribution is -0.128. The maximum atomic E-state index is 12.1. The highest BCUT2D eigenvalue weighted by Gasteiger charge is 2.36. The molecule has 2 fully saturated rings. The van der Waals surface area contributed by atoms with Crippen LogP contribution in [0.5, 0.6) is 0 Å². The second-order valence-electron chi connectivity index (χ2n) is 5.06. The minimum Gasteiger partial charge on any atom is -0.380 e. The Morgan fingerprint density at radius 2 is 2.06 bits per heavy atom. The number of rotatable bonds is 5. The van der Waals surface area contributed by atoms with E-state index in [1.165, 1.54) is 0 Å². The van der Waals surface area contributed by atoms with Crippen LogP contribution in [0.2, 0.25) is 0 Å². The van der Waals surface area contributed by atoms with Crippen LogP contribution in [0.1, 0.15) is 32.6 Å². The molecule has 1 aliphatic heterocycles. The zero-order valence-electron chi connectivity index (χ0n) is 10.8. The van der Waals surface area contributed by atoms with Crippen LogP contribution >= 0.6 is 0 Å². The molecule has 1 saturated heterocycles. The topological polar surface area (TPSA) is 63.7 Å². The third kappa shape index (κ3) is 3.23. The minimum atomic E-state index is -3.36. The average molecular weight is 275 g/mol. The fraction of sp³-hybridized carbons (Fsp3) is 0.917. The van der Waals surface area contributed by atoms with Gasteiger partial charge >= 0.3 is 0 Å². The lowest BCUT2D eigenvalue weighted by Crippen LogP contribution is -2.41. The van der Waals surface area contributed by atoms with Gasteiger partial charge in [0.2, 0.25) is 5.91 Å². The lowest BCUT2D eigenvalue weighted by atomic mass is 10.2. The predicted octanol–water partition coefficient (Wildman–Crippen LogP) is 0.591. The average Bonchev–Trinajstić information content (AvgIpc) is 3.15. The Labute approximate surface area is 108 Å². The van der Waals surface area contributed by atoms with Crippen molar-refractivity contribution in [3.63, 3.8) is 0 Å². The smallest absolute Gasteiger partial charge is 0.238 e. The molecule has 1 amide bonds. The van der Waals surface area contributed by atoms with Crippen LogP contribution < -0.4 is 0 Å². The molecule has 0 N–H and O–H groups in total. The minimum absolute atomic E-state index is 0.241. The fourth-order valence-corrected chi connectivity index (χ4v) is 3.97. The van der Waals surface area contributed by atoms with E-state index in [1.54, 1.807) is 4.90 Å². The Morgan fingerprint density at radius 1 is 1.33 bits per heavy atom. The molecule has 2 aliphatic rings. The summed E-state index contributed by atoms with van der Waals surface area (Å²) in [5, 5.41) is -0.492. The van der Waals surface area contributed by atoms with E-state index in [4.69, 9.17) is 4.74 Å². The standard InChI is InChI=1S/C12H21NO4S/c1-2-13(10-5-6-10)12(14)9-18(15,16)11-4-3-7-17-8-11/h10-11H,2-9H2,1H3/t11-/m1/s1. The van der Waals surface area contributed by atoms with Crippen LogP contribution in [0.15, 0.2) is 0 Å². The van der Waals surface area contributed by atoms with Gasteiger partial charge in [-0.25, -0.2) is 8.42 Å². The fourth-order valence-electron chi connectivity index (χ4n) is 2.39. The van der Waals surface area contributed by atoms with E-state index < -0.39 is 15.1 Å². The number of hydrogen-bond acceptors (Lipinski definition) is 4. The molecule has 104 valence electrons. The first kappa shape index (κ1) is 13.8. The van der Waals surface area contributed by atoms with Gasteiger partial charge in [0.05, 0.1) is 11.9 Å². The number of carbonyl (C=O) groups excluding carboxylic acids is 1. The molecule has 6 heteroatoms. The van der Waals surface area contributed by atoms with Crippen molar-refractivity contribution in [1.29, 1.82) is 0 Å².